The van der Waals surface area contributed by atoms with Crippen molar-refractivity contribution in [2.75, 3.05) is 26.8 Å². The van der Waals surface area contributed by atoms with Crippen molar-refractivity contribution in [1.82, 2.24) is 9.88 Å². The van der Waals surface area contributed by atoms with Crippen molar-refractivity contribution in [1.29, 1.82) is 0 Å². The number of likely N-dealkylation sites (N-methyl/N-ethyl adjacent to an activating group) is 1. The van der Waals surface area contributed by atoms with Gasteiger partial charge in [0, 0.05) is 23.6 Å². The molecule has 0 fully saturated rings. The highest BCUT2D eigenvalue weighted by Gasteiger charge is 2.25. The van der Waals surface area contributed by atoms with Gasteiger partial charge in [0.05, 0.1) is 0 Å². The summed E-state index contributed by atoms with van der Waals surface area (Å²) in [6.07, 6.45) is 0.995. The van der Waals surface area contributed by atoms with Crippen molar-refractivity contribution in [3.8, 4) is 17.2 Å². The third kappa shape index (κ3) is 3.86. The zero-order valence-electron chi connectivity index (χ0n) is 15.5. The average molecular weight is 368 g/mol. The second kappa shape index (κ2) is 7.50. The number of hydrogen-bond acceptors (Lipinski definition) is 5. The fraction of sp³-hybridized carbons (Fsp3) is 0.333. The van der Waals surface area contributed by atoms with Crippen LogP contribution in [-0.4, -0.2) is 54.1 Å². The molecule has 3 aromatic rings. The van der Waals surface area contributed by atoms with E-state index < -0.39 is 6.10 Å². The summed E-state index contributed by atoms with van der Waals surface area (Å²) < 4.78 is 17.6. The van der Waals surface area contributed by atoms with Crippen LogP contribution in [0.1, 0.15) is 5.56 Å². The summed E-state index contributed by atoms with van der Waals surface area (Å²) in [5, 5.41) is 11.4. The number of aromatic amines is 1. The second-order valence-corrected chi connectivity index (χ2v) is 6.94. The third-order valence-electron chi connectivity index (χ3n) is 4.69. The summed E-state index contributed by atoms with van der Waals surface area (Å²) in [4.78, 5) is 5.13. The van der Waals surface area contributed by atoms with Crippen molar-refractivity contribution < 1.29 is 19.3 Å². The van der Waals surface area contributed by atoms with Crippen LogP contribution in [-0.2, 0) is 0 Å². The Morgan fingerprint density at radius 1 is 1.26 bits per heavy atom. The molecule has 0 saturated carbocycles. The zero-order chi connectivity index (χ0) is 18.8. The van der Waals surface area contributed by atoms with Gasteiger partial charge in [0.25, 0.3) is 0 Å². The van der Waals surface area contributed by atoms with Crippen molar-refractivity contribution in [3.05, 3.63) is 54.2 Å². The van der Waals surface area contributed by atoms with Crippen molar-refractivity contribution in [2.24, 2.45) is 0 Å². The molecule has 0 spiro atoms. The Labute approximate surface area is 158 Å². The van der Waals surface area contributed by atoms with E-state index in [1.807, 2.05) is 61.5 Å². The van der Waals surface area contributed by atoms with E-state index in [1.54, 1.807) is 0 Å². The fourth-order valence-electron chi connectivity index (χ4n) is 3.30. The highest BCUT2D eigenvalue weighted by molar-refractivity contribution is 5.86. The van der Waals surface area contributed by atoms with Crippen LogP contribution in [0.25, 0.3) is 10.9 Å². The van der Waals surface area contributed by atoms with E-state index in [0.29, 0.717) is 13.2 Å². The van der Waals surface area contributed by atoms with E-state index in [9.17, 15) is 5.11 Å². The van der Waals surface area contributed by atoms with Crippen LogP contribution in [0.3, 0.4) is 0 Å². The quantitative estimate of drug-likeness (QED) is 0.700. The molecule has 27 heavy (non-hydrogen) atoms. The lowest BCUT2D eigenvalue weighted by atomic mass is 10.1. The van der Waals surface area contributed by atoms with Gasteiger partial charge in [-0.05, 0) is 49.9 Å². The average Bonchev–Trinajstić information content (AvgIpc) is 3.14. The smallest absolute Gasteiger partial charge is 0.187 e. The maximum absolute atomic E-state index is 10.4. The predicted molar refractivity (Wildman–Crippen MR) is 104 cm³/mol. The molecule has 2 aromatic carbocycles. The maximum atomic E-state index is 10.4. The first-order chi connectivity index (χ1) is 13.1. The van der Waals surface area contributed by atoms with Crippen LogP contribution >= 0.6 is 0 Å². The Bertz CT molecular complexity index is 923. The molecule has 1 aliphatic rings. The lowest BCUT2D eigenvalue weighted by Crippen LogP contribution is -2.47. The first-order valence-corrected chi connectivity index (χ1v) is 9.07. The van der Waals surface area contributed by atoms with Crippen LogP contribution in [0.5, 0.6) is 17.2 Å². The SMILES string of the molecule is Cc1cc(OCC(O)CN(C)C2COc3ccccc3O2)c2cc[nH]c2c1. The summed E-state index contributed by atoms with van der Waals surface area (Å²) >= 11 is 0. The molecule has 142 valence electrons. The van der Waals surface area contributed by atoms with Gasteiger partial charge < -0.3 is 24.3 Å². The second-order valence-electron chi connectivity index (χ2n) is 6.94. The number of nitrogens with zero attached hydrogens (tertiary/aromatic N) is 1. The van der Waals surface area contributed by atoms with Crippen LogP contribution in [0, 0.1) is 6.92 Å². The van der Waals surface area contributed by atoms with Gasteiger partial charge >= 0.3 is 0 Å². The molecule has 6 nitrogen and oxygen atoms in total. The monoisotopic (exact) mass is 368 g/mol. The van der Waals surface area contributed by atoms with Gasteiger partial charge in [-0.3, -0.25) is 4.90 Å². The Morgan fingerprint density at radius 3 is 2.93 bits per heavy atom. The molecular weight excluding hydrogens is 344 g/mol. The molecule has 2 heterocycles. The van der Waals surface area contributed by atoms with Gasteiger partial charge in [-0.25, -0.2) is 0 Å². The predicted octanol–water partition coefficient (Wildman–Crippen LogP) is 2.95. The first kappa shape index (κ1) is 17.7. The molecule has 0 amide bonds. The van der Waals surface area contributed by atoms with Gasteiger partial charge in [-0.2, -0.15) is 0 Å². The standard InChI is InChI=1S/C21H24N2O4/c1-14-9-17-16(7-8-22-17)20(10-14)25-12-15(24)11-23(2)21-13-26-18-5-3-4-6-19(18)27-21/h3-10,15,21-22,24H,11-13H2,1-2H3. The van der Waals surface area contributed by atoms with E-state index in [2.05, 4.69) is 11.1 Å². The Balaban J connectivity index is 1.34. The van der Waals surface area contributed by atoms with E-state index in [-0.39, 0.29) is 12.8 Å². The van der Waals surface area contributed by atoms with Crippen molar-refractivity contribution >= 4 is 10.9 Å². The number of hydrogen-bond donors (Lipinski definition) is 2. The number of fused-ring (bicyclic) bond motifs is 2. The molecule has 1 aromatic heterocycles. The molecule has 1 aliphatic heterocycles. The minimum atomic E-state index is -0.648. The Morgan fingerprint density at radius 2 is 2.07 bits per heavy atom. The number of rotatable bonds is 6. The summed E-state index contributed by atoms with van der Waals surface area (Å²) in [6, 6.07) is 13.6. The van der Waals surface area contributed by atoms with Crippen LogP contribution in [0.15, 0.2) is 48.7 Å². The summed E-state index contributed by atoms with van der Waals surface area (Å²) in [6.45, 7) is 3.06. The molecule has 0 saturated heterocycles. The van der Waals surface area contributed by atoms with Crippen LogP contribution in [0.4, 0.5) is 0 Å². The minimum absolute atomic E-state index is 0.207. The van der Waals surface area contributed by atoms with Gasteiger partial charge in [-0.1, -0.05) is 12.1 Å². The number of aliphatic hydroxyl groups excluding tert-OH is 1. The molecule has 2 N–H and O–H groups in total. The van der Waals surface area contributed by atoms with Gasteiger partial charge in [0.1, 0.15) is 25.1 Å². The van der Waals surface area contributed by atoms with E-state index in [0.717, 1.165) is 33.7 Å². The number of para-hydroxylation sites is 2. The molecule has 4 rings (SSSR count). The van der Waals surface area contributed by atoms with Crippen LogP contribution < -0.4 is 14.2 Å². The highest BCUT2D eigenvalue weighted by Crippen LogP contribution is 2.31. The lowest BCUT2D eigenvalue weighted by molar-refractivity contribution is -0.0387. The zero-order valence-corrected chi connectivity index (χ0v) is 15.5. The normalized spacial score (nSPS) is 17.3. The minimum Gasteiger partial charge on any atom is -0.490 e. The summed E-state index contributed by atoms with van der Waals surface area (Å²) in [5.41, 5.74) is 2.14. The highest BCUT2D eigenvalue weighted by atomic mass is 16.6. The van der Waals surface area contributed by atoms with E-state index >= 15 is 0 Å². The number of aliphatic hydroxyl groups is 1. The van der Waals surface area contributed by atoms with Gasteiger partial charge in [-0.15, -0.1) is 0 Å². The molecule has 6 heteroatoms. The van der Waals surface area contributed by atoms with E-state index in [4.69, 9.17) is 14.2 Å². The number of aryl methyl sites for hydroxylation is 1. The van der Waals surface area contributed by atoms with Gasteiger partial charge in [0.2, 0.25) is 0 Å². The summed E-state index contributed by atoms with van der Waals surface area (Å²) in [7, 11) is 1.90. The fourth-order valence-corrected chi connectivity index (χ4v) is 3.30. The van der Waals surface area contributed by atoms with Crippen LogP contribution in [0.2, 0.25) is 0 Å². The summed E-state index contributed by atoms with van der Waals surface area (Å²) in [5.74, 6) is 2.25. The van der Waals surface area contributed by atoms with Gasteiger partial charge in [0.15, 0.2) is 17.7 Å². The lowest BCUT2D eigenvalue weighted by Gasteiger charge is -2.33. The number of aromatic nitrogens is 1. The first-order valence-electron chi connectivity index (χ1n) is 9.07. The van der Waals surface area contributed by atoms with Crippen molar-refractivity contribution in [3.63, 3.8) is 0 Å². The largest absolute Gasteiger partial charge is 0.490 e. The maximum Gasteiger partial charge on any atom is 0.187 e. The molecule has 0 bridgehead atoms. The third-order valence-corrected chi connectivity index (χ3v) is 4.69. The molecule has 0 aliphatic carbocycles. The molecular formula is C21H24N2O4. The molecule has 0 radical (unpaired) electrons. The Hall–Kier alpha value is -2.70. The molecule has 2 atom stereocenters. The number of nitrogens with one attached hydrogen (secondary N) is 1. The van der Waals surface area contributed by atoms with E-state index in [1.165, 1.54) is 0 Å². The number of ether oxygens (including phenoxy) is 3. The Kier molecular flexibility index (Phi) is 4.92. The topological polar surface area (TPSA) is 67.0 Å². The number of H-pyrrole nitrogens is 1. The van der Waals surface area contributed by atoms with Crippen molar-refractivity contribution in [2.45, 2.75) is 19.3 Å². The number of benzene rings is 2. The molecule has 2 unspecified atom stereocenters.